The molecular weight excluding hydrogens is 398 g/mol. The molecule has 7 heteroatoms. The second kappa shape index (κ2) is 9.14. The molecule has 30 heavy (non-hydrogen) atoms. The molecule has 1 saturated carbocycles. The van der Waals surface area contributed by atoms with Crippen molar-refractivity contribution in [3.8, 4) is 11.6 Å². The van der Waals surface area contributed by atoms with E-state index < -0.39 is 0 Å². The summed E-state index contributed by atoms with van der Waals surface area (Å²) in [6.45, 7) is 2.15. The topological polar surface area (TPSA) is 56.1 Å². The van der Waals surface area contributed by atoms with Gasteiger partial charge in [-0.05, 0) is 77.0 Å². The SMILES string of the molecule is CC(c1nnc(C2CCC(Oc3ccccn3)CC2)n1-c1ccc(Cl)cc1)N(C)C. The van der Waals surface area contributed by atoms with E-state index in [1.165, 1.54) is 0 Å². The van der Waals surface area contributed by atoms with Crippen LogP contribution in [0.25, 0.3) is 5.69 Å². The molecule has 1 fully saturated rings. The van der Waals surface area contributed by atoms with Gasteiger partial charge >= 0.3 is 0 Å². The van der Waals surface area contributed by atoms with Crippen molar-refractivity contribution in [2.75, 3.05) is 14.1 Å². The molecule has 0 radical (unpaired) electrons. The Morgan fingerprint density at radius 2 is 1.77 bits per heavy atom. The van der Waals surface area contributed by atoms with Gasteiger partial charge in [-0.2, -0.15) is 0 Å². The van der Waals surface area contributed by atoms with Crippen LogP contribution in [0.4, 0.5) is 0 Å². The van der Waals surface area contributed by atoms with Crippen molar-refractivity contribution in [3.63, 3.8) is 0 Å². The summed E-state index contributed by atoms with van der Waals surface area (Å²) < 4.78 is 8.28. The number of benzene rings is 1. The molecule has 158 valence electrons. The lowest BCUT2D eigenvalue weighted by Gasteiger charge is -2.29. The molecule has 0 N–H and O–H groups in total. The number of rotatable bonds is 6. The van der Waals surface area contributed by atoms with Crippen LogP contribution in [0.1, 0.15) is 56.2 Å². The monoisotopic (exact) mass is 425 g/mol. The third-order valence-corrected chi connectivity index (χ3v) is 6.16. The van der Waals surface area contributed by atoms with Crippen LogP contribution in [0.3, 0.4) is 0 Å². The smallest absolute Gasteiger partial charge is 0.213 e. The average molecular weight is 426 g/mol. The molecule has 6 nitrogen and oxygen atoms in total. The molecule has 0 amide bonds. The van der Waals surface area contributed by atoms with E-state index in [0.717, 1.165) is 48.0 Å². The van der Waals surface area contributed by atoms with Gasteiger partial charge in [-0.25, -0.2) is 4.98 Å². The number of ether oxygens (including phenoxy) is 1. The van der Waals surface area contributed by atoms with E-state index in [1.807, 2.05) is 42.5 Å². The Balaban J connectivity index is 1.56. The first kappa shape index (κ1) is 20.8. The van der Waals surface area contributed by atoms with E-state index in [0.29, 0.717) is 11.8 Å². The van der Waals surface area contributed by atoms with Crippen LogP contribution in [0.2, 0.25) is 5.02 Å². The van der Waals surface area contributed by atoms with Crippen LogP contribution in [-0.4, -0.2) is 44.8 Å². The van der Waals surface area contributed by atoms with Gasteiger partial charge in [0.15, 0.2) is 5.82 Å². The largest absolute Gasteiger partial charge is 0.474 e. The predicted octanol–water partition coefficient (Wildman–Crippen LogP) is 5.04. The van der Waals surface area contributed by atoms with Crippen LogP contribution >= 0.6 is 11.6 Å². The Bertz CT molecular complexity index is 949. The lowest BCUT2D eigenvalue weighted by molar-refractivity contribution is 0.139. The third-order valence-electron chi connectivity index (χ3n) is 5.91. The van der Waals surface area contributed by atoms with Crippen LogP contribution < -0.4 is 4.74 Å². The zero-order chi connectivity index (χ0) is 21.1. The molecule has 1 aliphatic rings. The molecule has 1 aromatic carbocycles. The zero-order valence-corrected chi connectivity index (χ0v) is 18.5. The lowest BCUT2D eigenvalue weighted by Crippen LogP contribution is -2.25. The van der Waals surface area contributed by atoms with Crippen molar-refractivity contribution in [2.45, 2.75) is 50.7 Å². The first-order valence-electron chi connectivity index (χ1n) is 10.5. The van der Waals surface area contributed by atoms with Gasteiger partial charge in [-0.15, -0.1) is 10.2 Å². The Morgan fingerprint density at radius 1 is 1.03 bits per heavy atom. The molecule has 0 spiro atoms. The van der Waals surface area contributed by atoms with Crippen molar-refractivity contribution in [1.82, 2.24) is 24.6 Å². The highest BCUT2D eigenvalue weighted by Gasteiger charge is 2.30. The van der Waals surface area contributed by atoms with Crippen molar-refractivity contribution < 1.29 is 4.74 Å². The summed E-state index contributed by atoms with van der Waals surface area (Å²) in [6, 6.07) is 13.8. The average Bonchev–Trinajstić information content (AvgIpc) is 3.20. The number of nitrogens with zero attached hydrogens (tertiary/aromatic N) is 5. The fourth-order valence-electron chi connectivity index (χ4n) is 3.96. The number of hydrogen-bond acceptors (Lipinski definition) is 5. The molecule has 2 aromatic heterocycles. The molecule has 1 atom stereocenters. The first-order chi connectivity index (χ1) is 14.5. The fraction of sp³-hybridized carbons (Fsp3) is 0.435. The minimum absolute atomic E-state index is 0.144. The lowest BCUT2D eigenvalue weighted by atomic mass is 9.86. The van der Waals surface area contributed by atoms with Crippen molar-refractivity contribution in [1.29, 1.82) is 0 Å². The highest BCUT2D eigenvalue weighted by molar-refractivity contribution is 6.30. The maximum Gasteiger partial charge on any atom is 0.213 e. The van der Waals surface area contributed by atoms with E-state index in [2.05, 4.69) is 45.7 Å². The van der Waals surface area contributed by atoms with Crippen molar-refractivity contribution in [2.24, 2.45) is 0 Å². The maximum absolute atomic E-state index is 6.13. The number of hydrogen-bond donors (Lipinski definition) is 0. The molecule has 1 aliphatic carbocycles. The minimum atomic E-state index is 0.144. The Morgan fingerprint density at radius 3 is 2.40 bits per heavy atom. The van der Waals surface area contributed by atoms with Gasteiger partial charge < -0.3 is 4.74 Å². The van der Waals surface area contributed by atoms with E-state index >= 15 is 0 Å². The highest BCUT2D eigenvalue weighted by atomic mass is 35.5. The summed E-state index contributed by atoms with van der Waals surface area (Å²) >= 11 is 6.13. The van der Waals surface area contributed by atoms with Crippen LogP contribution in [0, 0.1) is 0 Å². The molecule has 0 saturated heterocycles. The van der Waals surface area contributed by atoms with E-state index in [-0.39, 0.29) is 12.1 Å². The number of aromatic nitrogens is 4. The summed E-state index contributed by atoms with van der Waals surface area (Å²) in [5.74, 6) is 3.02. The highest BCUT2D eigenvalue weighted by Crippen LogP contribution is 2.36. The van der Waals surface area contributed by atoms with Crippen molar-refractivity contribution in [3.05, 3.63) is 65.3 Å². The summed E-state index contributed by atoms with van der Waals surface area (Å²) in [5.41, 5.74) is 1.05. The summed E-state index contributed by atoms with van der Waals surface area (Å²) in [4.78, 5) is 6.44. The van der Waals surface area contributed by atoms with Gasteiger partial charge in [0.2, 0.25) is 5.88 Å². The predicted molar refractivity (Wildman–Crippen MR) is 118 cm³/mol. The Labute approximate surface area is 182 Å². The second-order valence-corrected chi connectivity index (χ2v) is 8.56. The molecular formula is C23H28ClN5O. The molecule has 2 heterocycles. The number of pyridine rings is 1. The fourth-order valence-corrected chi connectivity index (χ4v) is 4.08. The summed E-state index contributed by atoms with van der Waals surface area (Å²) in [7, 11) is 4.12. The van der Waals surface area contributed by atoms with Gasteiger partial charge in [0, 0.05) is 28.9 Å². The van der Waals surface area contributed by atoms with Gasteiger partial charge in [0.1, 0.15) is 11.9 Å². The first-order valence-corrected chi connectivity index (χ1v) is 10.9. The normalized spacial score (nSPS) is 20.3. The van der Waals surface area contributed by atoms with Gasteiger partial charge in [0.25, 0.3) is 0 Å². The van der Waals surface area contributed by atoms with E-state index in [1.54, 1.807) is 6.20 Å². The molecule has 4 rings (SSSR count). The molecule has 0 aliphatic heterocycles. The van der Waals surface area contributed by atoms with Gasteiger partial charge in [0.05, 0.1) is 6.04 Å². The zero-order valence-electron chi connectivity index (χ0n) is 17.7. The molecule has 3 aromatic rings. The molecule has 1 unspecified atom stereocenters. The molecule has 0 bridgehead atoms. The van der Waals surface area contributed by atoms with Gasteiger partial charge in [-0.3, -0.25) is 9.47 Å². The van der Waals surface area contributed by atoms with E-state index in [4.69, 9.17) is 16.3 Å². The Kier molecular flexibility index (Phi) is 6.35. The maximum atomic E-state index is 6.13. The Hall–Kier alpha value is -2.44. The minimum Gasteiger partial charge on any atom is -0.474 e. The standard InChI is InChI=1S/C23H28ClN5O/c1-16(28(2)3)22-26-27-23(29(22)19-11-9-18(24)10-12-19)17-7-13-20(14-8-17)30-21-6-4-5-15-25-21/h4-6,9-12,15-17,20H,7-8,13-14H2,1-3H3. The summed E-state index contributed by atoms with van der Waals surface area (Å²) in [5, 5.41) is 9.97. The summed E-state index contributed by atoms with van der Waals surface area (Å²) in [6.07, 6.45) is 5.95. The van der Waals surface area contributed by atoms with Crippen LogP contribution in [-0.2, 0) is 0 Å². The van der Waals surface area contributed by atoms with Crippen LogP contribution in [0.15, 0.2) is 48.7 Å². The third kappa shape index (κ3) is 4.50. The van der Waals surface area contributed by atoms with E-state index in [9.17, 15) is 0 Å². The van der Waals surface area contributed by atoms with Crippen LogP contribution in [0.5, 0.6) is 5.88 Å². The van der Waals surface area contributed by atoms with Gasteiger partial charge in [-0.1, -0.05) is 17.7 Å². The second-order valence-electron chi connectivity index (χ2n) is 8.13. The van der Waals surface area contributed by atoms with Crippen molar-refractivity contribution >= 4 is 11.6 Å². The quantitative estimate of drug-likeness (QED) is 0.553. The number of halogens is 1.